The maximum Gasteiger partial charge on any atom is 0.254 e. The Kier molecular flexibility index (Phi) is 13.4. The molecule has 2 aliphatic heterocycles. The monoisotopic (exact) mass is 721 g/mol. The van der Waals surface area contributed by atoms with Gasteiger partial charge in [0.2, 0.25) is 17.7 Å². The van der Waals surface area contributed by atoms with Crippen LogP contribution in [0.15, 0.2) is 85.1 Å². The first kappa shape index (κ1) is 38.8. The number of rotatable bonds is 11. The Balaban J connectivity index is 0.000000526. The van der Waals surface area contributed by atoms with Crippen molar-refractivity contribution in [2.24, 2.45) is 17.8 Å². The Labute approximate surface area is 312 Å². The van der Waals surface area contributed by atoms with Gasteiger partial charge in [-0.2, -0.15) is 0 Å². The predicted molar refractivity (Wildman–Crippen MR) is 205 cm³/mol. The number of aromatic nitrogens is 1. The highest BCUT2D eigenvalue weighted by atomic mass is 16.5. The van der Waals surface area contributed by atoms with Crippen LogP contribution in [0.25, 0.3) is 10.9 Å². The summed E-state index contributed by atoms with van der Waals surface area (Å²) in [6, 6.07) is 25.2. The SMILES string of the molecule is CCCc1ccccc1.CNC(=O)CNC(=O)C1CN(C(=O)Cc2ccnc3ccccc23)CC2CN(C(=O)c3ccc(OC(C)C)c(OC)c3)CC21. The lowest BCUT2D eigenvalue weighted by atomic mass is 9.79. The third-order valence-electron chi connectivity index (χ3n) is 9.79. The molecule has 2 saturated heterocycles. The minimum atomic E-state index is -0.578. The number of ether oxygens (including phenoxy) is 2. The van der Waals surface area contributed by atoms with E-state index >= 15 is 0 Å². The molecule has 1 aromatic heterocycles. The molecule has 3 unspecified atom stereocenters. The van der Waals surface area contributed by atoms with Gasteiger partial charge in [0, 0.05) is 50.4 Å². The summed E-state index contributed by atoms with van der Waals surface area (Å²) in [6.07, 6.45) is 4.26. The number of benzene rings is 3. The van der Waals surface area contributed by atoms with Gasteiger partial charge in [-0.25, -0.2) is 0 Å². The van der Waals surface area contributed by atoms with Crippen LogP contribution >= 0.6 is 0 Å². The second-order valence-corrected chi connectivity index (χ2v) is 13.9. The molecule has 2 N–H and O–H groups in total. The number of carbonyl (C=O) groups is 4. The zero-order valence-electron chi connectivity index (χ0n) is 31.3. The van der Waals surface area contributed by atoms with Crippen molar-refractivity contribution in [1.82, 2.24) is 25.4 Å². The van der Waals surface area contributed by atoms with Crippen LogP contribution in [-0.2, 0) is 27.2 Å². The predicted octanol–water partition coefficient (Wildman–Crippen LogP) is 4.92. The normalized spacial score (nSPS) is 17.7. The molecule has 4 amide bonds. The fourth-order valence-corrected chi connectivity index (χ4v) is 7.16. The van der Waals surface area contributed by atoms with E-state index in [1.165, 1.54) is 32.6 Å². The van der Waals surface area contributed by atoms with Gasteiger partial charge in [-0.15, -0.1) is 0 Å². The minimum absolute atomic E-state index is 0.0541. The molecule has 0 saturated carbocycles. The highest BCUT2D eigenvalue weighted by Gasteiger charge is 2.48. The summed E-state index contributed by atoms with van der Waals surface area (Å²) in [5.41, 5.74) is 3.58. The number of likely N-dealkylation sites (N-methyl/N-ethyl adjacent to an activating group) is 1. The van der Waals surface area contributed by atoms with E-state index in [9.17, 15) is 19.2 Å². The molecule has 0 spiro atoms. The van der Waals surface area contributed by atoms with Crippen molar-refractivity contribution in [3.05, 3.63) is 102 Å². The Bertz CT molecular complexity index is 1880. The quantitative estimate of drug-likeness (QED) is 0.225. The Morgan fingerprint density at radius 3 is 2.34 bits per heavy atom. The molecular weight excluding hydrogens is 670 g/mol. The number of nitrogens with one attached hydrogen (secondary N) is 2. The molecule has 4 aromatic rings. The summed E-state index contributed by atoms with van der Waals surface area (Å²) in [5.74, 6) is -0.728. The third kappa shape index (κ3) is 9.91. The molecule has 3 aromatic carbocycles. The van der Waals surface area contributed by atoms with Gasteiger partial charge in [-0.05, 0) is 73.6 Å². The van der Waals surface area contributed by atoms with Crippen molar-refractivity contribution >= 4 is 34.5 Å². The minimum Gasteiger partial charge on any atom is -0.493 e. The number of nitrogens with zero attached hydrogens (tertiary/aromatic N) is 3. The lowest BCUT2D eigenvalue weighted by Crippen LogP contribution is -2.54. The summed E-state index contributed by atoms with van der Waals surface area (Å²) >= 11 is 0. The Hall–Kier alpha value is -5.45. The van der Waals surface area contributed by atoms with E-state index in [0.717, 1.165) is 16.5 Å². The standard InChI is InChI=1S/C33H39N5O6.C9H12/c1-20(2)44-28-10-9-22(13-29(28)43-4)33(42)38-17-23-16-37(19-26(25(23)18-38)32(41)36-15-30(39)34-3)31(40)14-21-11-12-35-27-8-6-5-7-24(21)27;1-2-6-9-7-4-3-5-8-9/h5-13,20,23,25-26H,14-19H2,1-4H3,(H,34,39)(H,36,41);3-5,7-8H,2,6H2,1H3. The second-order valence-electron chi connectivity index (χ2n) is 13.9. The highest BCUT2D eigenvalue weighted by molar-refractivity contribution is 5.95. The van der Waals surface area contributed by atoms with E-state index in [1.807, 2.05) is 44.2 Å². The molecule has 11 nitrogen and oxygen atoms in total. The number of carbonyl (C=O) groups excluding carboxylic acids is 4. The maximum atomic E-state index is 13.7. The summed E-state index contributed by atoms with van der Waals surface area (Å²) in [4.78, 5) is 60.6. The average Bonchev–Trinajstić information content (AvgIpc) is 3.61. The number of fused-ring (bicyclic) bond motifs is 2. The number of hydrogen-bond donors (Lipinski definition) is 2. The van der Waals surface area contributed by atoms with E-state index in [4.69, 9.17) is 9.47 Å². The summed E-state index contributed by atoms with van der Waals surface area (Å²) in [7, 11) is 3.04. The number of methoxy groups -OCH3 is 1. The number of piperidine rings is 1. The van der Waals surface area contributed by atoms with Crippen molar-refractivity contribution in [1.29, 1.82) is 0 Å². The number of aryl methyl sites for hydroxylation is 1. The zero-order chi connectivity index (χ0) is 37.9. The topological polar surface area (TPSA) is 130 Å². The van der Waals surface area contributed by atoms with E-state index in [-0.39, 0.29) is 61.1 Å². The highest BCUT2D eigenvalue weighted by Crippen LogP contribution is 2.37. The first-order chi connectivity index (χ1) is 25.6. The molecule has 280 valence electrons. The fraction of sp³-hybridized carbons (Fsp3) is 0.405. The van der Waals surface area contributed by atoms with Crippen LogP contribution in [0.4, 0.5) is 0 Å². The van der Waals surface area contributed by atoms with Gasteiger partial charge >= 0.3 is 0 Å². The van der Waals surface area contributed by atoms with Gasteiger partial charge in [0.05, 0.1) is 37.6 Å². The molecule has 11 heteroatoms. The molecule has 2 fully saturated rings. The molecule has 0 radical (unpaired) electrons. The lowest BCUT2D eigenvalue weighted by Gasteiger charge is -2.39. The van der Waals surface area contributed by atoms with Crippen LogP contribution in [0, 0.1) is 17.8 Å². The third-order valence-corrected chi connectivity index (χ3v) is 9.79. The van der Waals surface area contributed by atoms with Crippen molar-refractivity contribution in [2.75, 3.05) is 46.9 Å². The van der Waals surface area contributed by atoms with Crippen LogP contribution in [0.1, 0.15) is 48.7 Å². The maximum absolute atomic E-state index is 13.7. The summed E-state index contributed by atoms with van der Waals surface area (Å²) in [6.45, 7) is 7.28. The van der Waals surface area contributed by atoms with Crippen molar-refractivity contribution in [2.45, 2.75) is 46.1 Å². The molecule has 53 heavy (non-hydrogen) atoms. The van der Waals surface area contributed by atoms with Crippen molar-refractivity contribution in [3.8, 4) is 11.5 Å². The average molecular weight is 722 g/mol. The Morgan fingerprint density at radius 1 is 0.887 bits per heavy atom. The van der Waals surface area contributed by atoms with E-state index in [1.54, 1.807) is 34.2 Å². The molecule has 6 rings (SSSR count). The van der Waals surface area contributed by atoms with E-state index < -0.39 is 5.92 Å². The smallest absolute Gasteiger partial charge is 0.254 e. The fourth-order valence-electron chi connectivity index (χ4n) is 7.16. The van der Waals surface area contributed by atoms with Crippen molar-refractivity contribution in [3.63, 3.8) is 0 Å². The molecule has 2 aliphatic rings. The molecule has 0 aliphatic carbocycles. The summed E-state index contributed by atoms with van der Waals surface area (Å²) < 4.78 is 11.3. The van der Waals surface area contributed by atoms with Gasteiger partial charge in [-0.1, -0.05) is 61.9 Å². The number of para-hydroxylation sites is 1. The number of hydrogen-bond acceptors (Lipinski definition) is 7. The molecule has 3 heterocycles. The lowest BCUT2D eigenvalue weighted by molar-refractivity contribution is -0.139. The van der Waals surface area contributed by atoms with Crippen LogP contribution in [0.5, 0.6) is 11.5 Å². The first-order valence-electron chi connectivity index (χ1n) is 18.4. The van der Waals surface area contributed by atoms with Gasteiger partial charge in [0.1, 0.15) is 0 Å². The van der Waals surface area contributed by atoms with Gasteiger partial charge in [0.25, 0.3) is 5.91 Å². The van der Waals surface area contributed by atoms with Crippen LogP contribution in [0.2, 0.25) is 0 Å². The van der Waals surface area contributed by atoms with E-state index in [2.05, 4.69) is 52.9 Å². The van der Waals surface area contributed by atoms with Gasteiger partial charge < -0.3 is 29.9 Å². The van der Waals surface area contributed by atoms with Crippen LogP contribution in [-0.4, -0.2) is 91.4 Å². The van der Waals surface area contributed by atoms with E-state index in [0.29, 0.717) is 36.7 Å². The second kappa shape index (κ2) is 18.3. The zero-order valence-corrected chi connectivity index (χ0v) is 31.3. The number of likely N-dealkylation sites (tertiary alicyclic amines) is 2. The number of pyridine rings is 1. The Morgan fingerprint density at radius 2 is 1.62 bits per heavy atom. The first-order valence-corrected chi connectivity index (χ1v) is 18.4. The molecule has 0 bridgehead atoms. The van der Waals surface area contributed by atoms with Gasteiger partial charge in [-0.3, -0.25) is 24.2 Å². The van der Waals surface area contributed by atoms with Crippen LogP contribution in [0.3, 0.4) is 0 Å². The number of amides is 4. The van der Waals surface area contributed by atoms with Gasteiger partial charge in [0.15, 0.2) is 11.5 Å². The van der Waals surface area contributed by atoms with Crippen LogP contribution < -0.4 is 20.1 Å². The largest absolute Gasteiger partial charge is 0.493 e. The van der Waals surface area contributed by atoms with Crippen molar-refractivity contribution < 1.29 is 28.7 Å². The summed E-state index contributed by atoms with van der Waals surface area (Å²) in [5, 5.41) is 6.15. The molecular formula is C42H51N5O6. The molecule has 3 atom stereocenters.